The summed E-state index contributed by atoms with van der Waals surface area (Å²) in [5.74, 6) is -0.0981. The van der Waals surface area contributed by atoms with Crippen molar-refractivity contribution in [2.45, 2.75) is 58.7 Å². The van der Waals surface area contributed by atoms with Crippen LogP contribution in [0.2, 0.25) is 0 Å². The maximum Gasteiger partial charge on any atom is 0.410 e. The lowest BCUT2D eigenvalue weighted by Gasteiger charge is -2.30. The number of hydrogen-bond acceptors (Lipinski definition) is 8. The zero-order chi connectivity index (χ0) is 32.6. The van der Waals surface area contributed by atoms with Gasteiger partial charge >= 0.3 is 11.8 Å². The third-order valence-electron chi connectivity index (χ3n) is 7.58. The van der Waals surface area contributed by atoms with Crippen molar-refractivity contribution in [1.29, 1.82) is 0 Å². The van der Waals surface area contributed by atoms with Gasteiger partial charge in [-0.15, -0.1) is 0 Å². The highest BCUT2D eigenvalue weighted by Crippen LogP contribution is 2.31. The molecule has 1 saturated carbocycles. The van der Waals surface area contributed by atoms with Crippen molar-refractivity contribution >= 4 is 17.7 Å². The molecule has 2 aliphatic rings. The lowest BCUT2D eigenvalue weighted by atomic mass is 10.1. The highest BCUT2D eigenvalue weighted by Gasteiger charge is 2.29. The van der Waals surface area contributed by atoms with Gasteiger partial charge in [-0.25, -0.2) is 28.5 Å². The highest BCUT2D eigenvalue weighted by atomic mass is 19.1. The van der Waals surface area contributed by atoms with Crippen LogP contribution in [0.4, 0.5) is 14.9 Å². The molecule has 12 nitrogen and oxygen atoms in total. The van der Waals surface area contributed by atoms with Crippen LogP contribution in [0.3, 0.4) is 0 Å². The number of hydrogen-bond donors (Lipinski definition) is 1. The minimum Gasteiger partial charge on any atom is -0.444 e. The van der Waals surface area contributed by atoms with E-state index in [4.69, 9.17) is 9.47 Å². The number of aromatic nitrogens is 4. The number of fused-ring (bicyclic) bond motifs is 1. The molecule has 1 fully saturated rings. The molecule has 3 heterocycles. The number of nitrogens with one attached hydrogen (secondary N) is 1. The molecule has 1 aliphatic heterocycles. The Bertz CT molecular complexity index is 1910. The van der Waals surface area contributed by atoms with Crippen molar-refractivity contribution in [3.05, 3.63) is 105 Å². The van der Waals surface area contributed by atoms with Gasteiger partial charge in [0.15, 0.2) is 0 Å². The van der Waals surface area contributed by atoms with Crippen molar-refractivity contribution in [2.75, 3.05) is 11.9 Å². The lowest BCUT2D eigenvalue weighted by molar-refractivity contribution is 0.0219. The molecule has 0 radical (unpaired) electrons. The summed E-state index contributed by atoms with van der Waals surface area (Å²) in [4.78, 5) is 62.7. The Morgan fingerprint density at radius 1 is 1.02 bits per heavy atom. The molecule has 0 spiro atoms. The molecule has 2 aromatic carbocycles. The zero-order valence-electron chi connectivity index (χ0n) is 25.7. The zero-order valence-corrected chi connectivity index (χ0v) is 25.7. The number of ether oxygens (including phenoxy) is 2. The molecule has 1 aliphatic carbocycles. The van der Waals surface area contributed by atoms with E-state index in [0.717, 1.165) is 35.1 Å². The van der Waals surface area contributed by atoms with Gasteiger partial charge in [0.2, 0.25) is 5.88 Å². The lowest BCUT2D eigenvalue weighted by Crippen LogP contribution is -2.42. The first-order chi connectivity index (χ1) is 21.9. The Kier molecular flexibility index (Phi) is 8.15. The third kappa shape index (κ3) is 6.82. The summed E-state index contributed by atoms with van der Waals surface area (Å²) in [5.41, 5.74) is -0.210. The molecular weight excluding hydrogens is 595 g/mol. The van der Waals surface area contributed by atoms with Crippen molar-refractivity contribution in [3.8, 4) is 17.3 Å². The monoisotopic (exact) mass is 628 g/mol. The summed E-state index contributed by atoms with van der Waals surface area (Å²) in [5, 5.41) is 2.72. The minimum atomic E-state index is -0.806. The van der Waals surface area contributed by atoms with Gasteiger partial charge < -0.3 is 19.7 Å². The summed E-state index contributed by atoms with van der Waals surface area (Å²) >= 11 is 0. The number of carbonyl (C=O) groups excluding carboxylic acids is 2. The quantitative estimate of drug-likeness (QED) is 0.312. The molecule has 0 bridgehead atoms. The van der Waals surface area contributed by atoms with Crippen molar-refractivity contribution in [1.82, 2.24) is 24.0 Å². The molecule has 13 heteroatoms. The van der Waals surface area contributed by atoms with E-state index in [1.165, 1.54) is 29.2 Å². The van der Waals surface area contributed by atoms with Crippen LogP contribution in [0, 0.1) is 11.7 Å². The van der Waals surface area contributed by atoms with Crippen LogP contribution in [0.1, 0.15) is 55.2 Å². The number of benzene rings is 2. The van der Waals surface area contributed by atoms with Crippen LogP contribution in [0.5, 0.6) is 11.6 Å². The van der Waals surface area contributed by atoms with Crippen LogP contribution in [-0.4, -0.2) is 48.1 Å². The maximum absolute atomic E-state index is 13.6. The molecular formula is C33H33FN6O6. The number of anilines is 1. The predicted molar refractivity (Wildman–Crippen MR) is 166 cm³/mol. The topological polar surface area (TPSA) is 138 Å². The fourth-order valence-corrected chi connectivity index (χ4v) is 5.10. The smallest absolute Gasteiger partial charge is 0.410 e. The SMILES string of the molecule is CC(C)(C)OC(=O)N1CCc2c(ncnc2Oc2ccc(NC(=O)c3cn(CC4CC4)c(=O)n(-c4ccc(F)cc4)c3=O)cc2)C1. The molecule has 46 heavy (non-hydrogen) atoms. The Morgan fingerprint density at radius 2 is 1.74 bits per heavy atom. The van der Waals surface area contributed by atoms with Crippen LogP contribution in [0.15, 0.2) is 70.6 Å². The summed E-state index contributed by atoms with van der Waals surface area (Å²) in [6.45, 7) is 6.51. The number of carbonyl (C=O) groups is 2. The molecule has 0 saturated heterocycles. The molecule has 6 rings (SSSR count). The van der Waals surface area contributed by atoms with Gasteiger partial charge in [-0.2, -0.15) is 0 Å². The Hall–Kier alpha value is -5.33. The Balaban J connectivity index is 1.18. The normalized spacial score (nSPS) is 14.4. The molecule has 2 aromatic heterocycles. The van der Waals surface area contributed by atoms with E-state index in [9.17, 15) is 23.6 Å². The van der Waals surface area contributed by atoms with E-state index >= 15 is 0 Å². The van der Waals surface area contributed by atoms with Crippen molar-refractivity contribution in [2.24, 2.45) is 5.92 Å². The summed E-state index contributed by atoms with van der Waals surface area (Å²) in [7, 11) is 0. The van der Waals surface area contributed by atoms with Crippen LogP contribution in [-0.2, 0) is 24.2 Å². The first-order valence-corrected chi connectivity index (χ1v) is 15.0. The highest BCUT2D eigenvalue weighted by molar-refractivity contribution is 6.03. The number of nitrogens with zero attached hydrogens (tertiary/aromatic N) is 5. The van der Waals surface area contributed by atoms with Crippen LogP contribution < -0.4 is 21.3 Å². The average molecular weight is 629 g/mol. The molecule has 0 atom stereocenters. The first-order valence-electron chi connectivity index (χ1n) is 15.0. The van der Waals surface area contributed by atoms with E-state index in [1.807, 2.05) is 20.8 Å². The van der Waals surface area contributed by atoms with E-state index in [-0.39, 0.29) is 17.8 Å². The second-order valence-corrected chi connectivity index (χ2v) is 12.4. The first kappa shape index (κ1) is 30.7. The molecule has 0 unspecified atom stereocenters. The van der Waals surface area contributed by atoms with Gasteiger partial charge in [-0.1, -0.05) is 0 Å². The minimum absolute atomic E-state index is 0.168. The van der Waals surface area contributed by atoms with Crippen LogP contribution in [0.25, 0.3) is 5.69 Å². The average Bonchev–Trinajstić information content (AvgIpc) is 3.84. The van der Waals surface area contributed by atoms with Crippen molar-refractivity contribution in [3.63, 3.8) is 0 Å². The third-order valence-corrected chi connectivity index (χ3v) is 7.58. The fourth-order valence-electron chi connectivity index (χ4n) is 5.10. The second kappa shape index (κ2) is 12.2. The Morgan fingerprint density at radius 3 is 2.41 bits per heavy atom. The number of rotatable bonds is 7. The van der Waals surface area contributed by atoms with Gasteiger partial charge in [-0.05, 0) is 94.5 Å². The summed E-state index contributed by atoms with van der Waals surface area (Å²) in [6.07, 6.45) is 4.66. The number of halogens is 1. The van der Waals surface area contributed by atoms with Gasteiger partial charge in [0.05, 0.1) is 17.9 Å². The summed E-state index contributed by atoms with van der Waals surface area (Å²) < 4.78 is 27.3. The molecule has 4 aromatic rings. The molecule has 2 amide bonds. The van der Waals surface area contributed by atoms with E-state index < -0.39 is 34.7 Å². The van der Waals surface area contributed by atoms with E-state index in [2.05, 4.69) is 15.3 Å². The van der Waals surface area contributed by atoms with Gasteiger partial charge in [-0.3, -0.25) is 14.2 Å². The fraction of sp³-hybridized carbons (Fsp3) is 0.333. The summed E-state index contributed by atoms with van der Waals surface area (Å²) in [6, 6.07) is 11.5. The van der Waals surface area contributed by atoms with Gasteiger partial charge in [0.25, 0.3) is 11.5 Å². The number of amides is 2. The maximum atomic E-state index is 13.6. The largest absolute Gasteiger partial charge is 0.444 e. The van der Waals surface area contributed by atoms with Crippen molar-refractivity contribution < 1.29 is 23.5 Å². The van der Waals surface area contributed by atoms with Crippen LogP contribution >= 0.6 is 0 Å². The Labute approximate surface area is 263 Å². The van der Waals surface area contributed by atoms with Gasteiger partial charge in [0.1, 0.15) is 29.1 Å². The molecule has 1 N–H and O–H groups in total. The predicted octanol–water partition coefficient (Wildman–Crippen LogP) is 4.68. The van der Waals surface area contributed by atoms with E-state index in [0.29, 0.717) is 48.4 Å². The van der Waals surface area contributed by atoms with E-state index in [1.54, 1.807) is 29.2 Å². The molecule has 238 valence electrons. The standard InChI is InChI=1S/C33H33FN6O6/c1-33(2,3)46-32(44)38-15-14-25-27(18-38)35-19-36-29(25)45-24-12-8-22(9-13-24)37-28(41)26-17-39(16-20-4-5-20)31(43)40(30(26)42)23-10-6-21(34)7-11-23/h6-13,17,19-20H,4-5,14-16,18H2,1-3H3,(H,37,41). The second-order valence-electron chi connectivity index (χ2n) is 12.4. The van der Waals surface area contributed by atoms with Gasteiger partial charge in [0, 0.05) is 30.5 Å².